The molecule has 0 aromatic rings. The zero-order valence-electron chi connectivity index (χ0n) is 24.5. The number of rotatable bonds is 16. The Morgan fingerprint density at radius 1 is 0.224 bits per heavy atom. The molecule has 0 aliphatic carbocycles. The molecule has 0 saturated heterocycles. The minimum atomic E-state index is -9.94. The molecule has 38 heteroatoms. The number of carbonyl (C=O) groups is 2. The fraction of sp³-hybridized carbons (Fsp3) is 0.800. The Balaban J connectivity index is 8.44. The van der Waals surface area contributed by atoms with E-state index in [0.29, 0.717) is 0 Å². The van der Waals surface area contributed by atoms with Gasteiger partial charge in [-0.05, 0) is 0 Å². The second kappa shape index (κ2) is 13.4. The van der Waals surface area contributed by atoms with Crippen LogP contribution in [-0.4, -0.2) is 107 Å². The Labute approximate surface area is 289 Å². The van der Waals surface area contributed by atoms with Crippen LogP contribution in [0, 0.1) is 0 Å². The largest absolute Gasteiger partial charge is 0.545 e. The molecule has 0 unspecified atom stereocenters. The van der Waals surface area contributed by atoms with Gasteiger partial charge in [-0.25, -0.2) is 0 Å². The molecule has 0 radical (unpaired) electrons. The monoisotopic (exact) mass is 950 g/mol. The van der Waals surface area contributed by atoms with Crippen LogP contribution < -0.4 is 10.2 Å². The number of halogens is 34. The van der Waals surface area contributed by atoms with Crippen molar-refractivity contribution in [1.29, 1.82) is 0 Å². The van der Waals surface area contributed by atoms with Crippen LogP contribution in [0.3, 0.4) is 0 Å². The molecule has 58 heavy (non-hydrogen) atoms. The zero-order chi connectivity index (χ0) is 48.3. The normalized spacial score (nSPS) is 17.0. The van der Waals surface area contributed by atoms with Gasteiger partial charge in [0.15, 0.2) is 0 Å². The van der Waals surface area contributed by atoms with E-state index in [-0.39, 0.29) is 0 Å². The van der Waals surface area contributed by atoms with E-state index in [0.717, 1.165) is 0 Å². The van der Waals surface area contributed by atoms with Crippen molar-refractivity contribution in [1.82, 2.24) is 0 Å². The Bertz CT molecular complexity index is 1500. The maximum absolute atomic E-state index is 14.5. The van der Waals surface area contributed by atoms with E-state index in [9.17, 15) is 169 Å². The van der Waals surface area contributed by atoms with Gasteiger partial charge in [0, 0.05) is 0 Å². The van der Waals surface area contributed by atoms with Crippen LogP contribution in [0.4, 0.5) is 149 Å². The highest BCUT2D eigenvalue weighted by Crippen LogP contribution is 2.67. The molecule has 0 rings (SSSR count). The van der Waals surface area contributed by atoms with Crippen molar-refractivity contribution in [2.45, 2.75) is 95.3 Å². The summed E-state index contributed by atoms with van der Waals surface area (Å²) in [6, 6.07) is 0. The van der Waals surface area contributed by atoms with Gasteiger partial charge in [-0.3, -0.25) is 0 Å². The molecule has 344 valence electrons. The number of carbonyl (C=O) groups excluding carboxylic acids is 2. The molecule has 4 nitrogen and oxygen atoms in total. The third-order valence-electron chi connectivity index (χ3n) is 6.73. The van der Waals surface area contributed by atoms with Gasteiger partial charge < -0.3 is 19.8 Å². The Morgan fingerprint density at radius 3 is 0.466 bits per heavy atom. The molecule has 0 heterocycles. The molecule has 0 saturated carbocycles. The van der Waals surface area contributed by atoms with E-state index in [2.05, 4.69) is 0 Å². The highest BCUT2D eigenvalue weighted by molar-refractivity contribution is 6.00. The maximum Gasteiger partial charge on any atom is 0.460 e. The van der Waals surface area contributed by atoms with Gasteiger partial charge in [0.2, 0.25) is 0 Å². The van der Waals surface area contributed by atoms with Crippen LogP contribution in [0.5, 0.6) is 0 Å². The number of hydrogen-bond donors (Lipinski definition) is 0. The first-order valence-electron chi connectivity index (χ1n) is 12.0. The summed E-state index contributed by atoms with van der Waals surface area (Å²) in [4.78, 5) is 21.8. The smallest absolute Gasteiger partial charge is 0.460 e. The second-order valence-corrected chi connectivity index (χ2v) is 10.4. The predicted octanol–water partition coefficient (Wildman–Crippen LogP) is 7.80. The summed E-state index contributed by atoms with van der Waals surface area (Å²) in [7, 11) is 0. The van der Waals surface area contributed by atoms with Crippen molar-refractivity contribution < 1.29 is 169 Å². The van der Waals surface area contributed by atoms with Gasteiger partial charge in [0.1, 0.15) is 0 Å². The Hall–Kier alpha value is -3.70. The first-order valence-corrected chi connectivity index (χ1v) is 12.0. The van der Waals surface area contributed by atoms with Crippen LogP contribution in [0.15, 0.2) is 11.1 Å². The molecule has 0 amide bonds. The lowest BCUT2D eigenvalue weighted by Crippen LogP contribution is -2.75. The molecule has 0 fully saturated rings. The van der Waals surface area contributed by atoms with Crippen LogP contribution in [-0.2, 0) is 9.59 Å². The number of aliphatic carboxylic acids is 2. The molecule has 0 aromatic carbocycles. The summed E-state index contributed by atoms with van der Waals surface area (Å²) < 4.78 is 458. The minimum absolute atomic E-state index is 5.60. The van der Waals surface area contributed by atoms with Crippen LogP contribution in [0.25, 0.3) is 0 Å². The van der Waals surface area contributed by atoms with Crippen molar-refractivity contribution in [3.05, 3.63) is 11.1 Å². The molecular weight excluding hydrogens is 950 g/mol. The Kier molecular flexibility index (Phi) is 12.5. The fourth-order valence-electron chi connectivity index (χ4n) is 3.42. The summed E-state index contributed by atoms with van der Waals surface area (Å²) >= 11 is 0. The van der Waals surface area contributed by atoms with E-state index in [1.807, 2.05) is 0 Å². The second-order valence-electron chi connectivity index (χ2n) is 10.4. The zero-order valence-corrected chi connectivity index (χ0v) is 24.5. The molecule has 0 aliphatic rings. The van der Waals surface area contributed by atoms with E-state index >= 15 is 0 Å². The van der Waals surface area contributed by atoms with Gasteiger partial charge in [-0.2, -0.15) is 149 Å². The van der Waals surface area contributed by atoms with Gasteiger partial charge in [0.25, 0.3) is 0 Å². The van der Waals surface area contributed by atoms with Gasteiger partial charge in [-0.1, -0.05) is 0 Å². The first kappa shape index (κ1) is 54.3. The van der Waals surface area contributed by atoms with Crippen molar-refractivity contribution in [2.24, 2.45) is 0 Å². The Morgan fingerprint density at radius 2 is 0.345 bits per heavy atom. The number of alkyl halides is 34. The van der Waals surface area contributed by atoms with Crippen LogP contribution >= 0.6 is 0 Å². The third kappa shape index (κ3) is 6.43. The minimum Gasteiger partial charge on any atom is -0.545 e. The summed E-state index contributed by atoms with van der Waals surface area (Å²) in [5.41, 5.74) is -12.5. The summed E-state index contributed by atoms with van der Waals surface area (Å²) in [5, 5.41) is 21.8. The van der Waals surface area contributed by atoms with Crippen LogP contribution in [0.1, 0.15) is 0 Å². The van der Waals surface area contributed by atoms with Gasteiger partial charge in [0.05, 0.1) is 23.1 Å². The van der Waals surface area contributed by atoms with Crippen molar-refractivity contribution >= 4 is 11.9 Å². The number of carboxylic acid groups (broad SMARTS) is 2. The highest BCUT2D eigenvalue weighted by atomic mass is 19.4. The summed E-state index contributed by atoms with van der Waals surface area (Å²) in [6.45, 7) is 0. The molecule has 0 spiro atoms. The average molecular weight is 950 g/mol. The molecule has 0 aliphatic heterocycles. The van der Waals surface area contributed by atoms with E-state index in [4.69, 9.17) is 0 Å². The molecule has 0 N–H and O–H groups in total. The SMILES string of the molecule is O=C([O-])C(=C(C(=O)[O-])C(F)(F)C(F)(F)C(F)(F)C(F)(F)C(F)(F)C(F)(F)C(F)(F)C(F)(F)F)C(F)(F)C(F)(F)C(F)(F)C(F)(F)C(F)(F)C(F)(F)C(F)(F)C(F)(F)F. The van der Waals surface area contributed by atoms with Crippen molar-refractivity contribution in [2.75, 3.05) is 0 Å². The van der Waals surface area contributed by atoms with E-state index < -0.39 is 118 Å². The standard InChI is InChI=1S/C20H2F34O4/c21-5(22,7(25,26)9(29,30)11(33,34)13(37,38)15(41,42)17(45,46)19(49,50)51)1(3(55)56)2(4(57)58)6(23,24)8(27,28)10(31,32)12(35,36)14(39,40)16(43,44)18(47,48)20(52,53)54/h(H,55,56)(H,57,58)/p-2. The fourth-order valence-corrected chi connectivity index (χ4v) is 3.42. The van der Waals surface area contributed by atoms with Crippen molar-refractivity contribution in [3.8, 4) is 0 Å². The molecule has 0 aromatic heterocycles. The summed E-state index contributed by atoms with van der Waals surface area (Å²) in [6.07, 6.45) is -16.8. The molecule has 0 bridgehead atoms. The lowest BCUT2D eigenvalue weighted by Gasteiger charge is -2.44. The quantitative estimate of drug-likeness (QED) is 0.117. The highest BCUT2D eigenvalue weighted by Gasteiger charge is 2.97. The average Bonchev–Trinajstić information content (AvgIpc) is 2.96. The molecular formula is C20F34O4-2. The van der Waals surface area contributed by atoms with E-state index in [1.54, 1.807) is 0 Å². The predicted molar refractivity (Wildman–Crippen MR) is 98.4 cm³/mol. The molecule has 0 atom stereocenters. The topological polar surface area (TPSA) is 80.3 Å². The summed E-state index contributed by atoms with van der Waals surface area (Å²) in [5.74, 6) is -146. The lowest BCUT2D eigenvalue weighted by molar-refractivity contribution is -0.461. The van der Waals surface area contributed by atoms with Crippen molar-refractivity contribution in [3.63, 3.8) is 0 Å². The van der Waals surface area contributed by atoms with Crippen LogP contribution in [0.2, 0.25) is 0 Å². The number of carboxylic acids is 2. The lowest BCUT2D eigenvalue weighted by atomic mass is 9.82. The maximum atomic E-state index is 14.5. The first-order chi connectivity index (χ1) is 24.4. The van der Waals surface area contributed by atoms with E-state index in [1.165, 1.54) is 0 Å². The van der Waals surface area contributed by atoms with Gasteiger partial charge in [-0.15, -0.1) is 0 Å². The van der Waals surface area contributed by atoms with Gasteiger partial charge >= 0.3 is 95.3 Å². The third-order valence-corrected chi connectivity index (χ3v) is 6.73. The number of hydrogen-bond acceptors (Lipinski definition) is 4.